The van der Waals surface area contributed by atoms with Crippen LogP contribution in [0.5, 0.6) is 5.75 Å². The van der Waals surface area contributed by atoms with Crippen LogP contribution in [-0.4, -0.2) is 61.7 Å². The predicted molar refractivity (Wildman–Crippen MR) is 152 cm³/mol. The molecule has 2 saturated heterocycles. The Hall–Kier alpha value is -4.36. The molecule has 2 fully saturated rings. The van der Waals surface area contributed by atoms with Crippen molar-refractivity contribution in [3.8, 4) is 5.75 Å². The van der Waals surface area contributed by atoms with Gasteiger partial charge in [0.15, 0.2) is 17.3 Å². The fourth-order valence-electron chi connectivity index (χ4n) is 5.38. The second-order valence-electron chi connectivity index (χ2n) is 11.1. The summed E-state index contributed by atoms with van der Waals surface area (Å²) in [6.45, 7) is 4.55. The van der Waals surface area contributed by atoms with Crippen LogP contribution >= 0.6 is 0 Å². The van der Waals surface area contributed by atoms with E-state index in [9.17, 15) is 27.2 Å². The lowest BCUT2D eigenvalue weighted by molar-refractivity contribution is -0.141. The van der Waals surface area contributed by atoms with Crippen LogP contribution in [0, 0.1) is 17.7 Å². The molecule has 3 aromatic rings. The molecule has 1 N–H and O–H groups in total. The largest absolute Gasteiger partial charge is 0.490 e. The standard InChI is InChI=1S/C30H33F4N5O5/c1-18-4-3-11-39(16-18)29-37-26(30(32,33)34)25(44-29)27(40)36-21-6-8-24(35-15-21)38-12-9-19(10-13-38)17-43-23-14-20(28(41)42-2)5-7-22(23)31/h5-8,14-15,18-19H,3-4,9-13,16-17H2,1-2H3,(H,36,40). The Morgan fingerprint density at radius 2 is 1.86 bits per heavy atom. The van der Waals surface area contributed by atoms with Gasteiger partial charge in [0.1, 0.15) is 5.82 Å². The van der Waals surface area contributed by atoms with Crippen LogP contribution in [0.3, 0.4) is 0 Å². The van der Waals surface area contributed by atoms with Crippen molar-refractivity contribution in [2.75, 3.05) is 55.0 Å². The van der Waals surface area contributed by atoms with Gasteiger partial charge in [0.25, 0.3) is 11.9 Å². The maximum Gasteiger partial charge on any atom is 0.437 e. The Balaban J connectivity index is 1.16. The molecule has 44 heavy (non-hydrogen) atoms. The summed E-state index contributed by atoms with van der Waals surface area (Å²) >= 11 is 0. The van der Waals surface area contributed by atoms with Crippen LogP contribution in [0.15, 0.2) is 40.9 Å². The van der Waals surface area contributed by atoms with Crippen molar-refractivity contribution >= 4 is 29.4 Å². The average molecular weight is 620 g/mol. The average Bonchev–Trinajstić information content (AvgIpc) is 3.48. The van der Waals surface area contributed by atoms with Gasteiger partial charge >= 0.3 is 12.1 Å². The summed E-state index contributed by atoms with van der Waals surface area (Å²) in [5, 5.41) is 2.44. The summed E-state index contributed by atoms with van der Waals surface area (Å²) in [6, 6.07) is 6.83. The summed E-state index contributed by atoms with van der Waals surface area (Å²) in [5.41, 5.74) is -0.961. The van der Waals surface area contributed by atoms with Gasteiger partial charge in [-0.15, -0.1) is 0 Å². The molecule has 14 heteroatoms. The minimum Gasteiger partial charge on any atom is -0.490 e. The molecule has 5 rings (SSSR count). The normalized spacial score (nSPS) is 17.8. The molecule has 0 bridgehead atoms. The maximum absolute atomic E-state index is 14.2. The number of nitrogens with one attached hydrogen (secondary N) is 1. The Morgan fingerprint density at radius 1 is 1.09 bits per heavy atom. The number of aromatic nitrogens is 2. The molecule has 0 spiro atoms. The van der Waals surface area contributed by atoms with Crippen molar-refractivity contribution in [1.29, 1.82) is 0 Å². The van der Waals surface area contributed by atoms with Crippen molar-refractivity contribution in [1.82, 2.24) is 9.97 Å². The van der Waals surface area contributed by atoms with E-state index in [1.54, 1.807) is 17.0 Å². The second kappa shape index (κ2) is 13.1. The lowest BCUT2D eigenvalue weighted by Crippen LogP contribution is -2.36. The van der Waals surface area contributed by atoms with E-state index < -0.39 is 35.3 Å². The first-order valence-electron chi connectivity index (χ1n) is 14.4. The first-order valence-corrected chi connectivity index (χ1v) is 14.4. The van der Waals surface area contributed by atoms with Gasteiger partial charge in [-0.05, 0) is 67.9 Å². The van der Waals surface area contributed by atoms with Gasteiger partial charge in [0, 0.05) is 26.2 Å². The van der Waals surface area contributed by atoms with E-state index in [2.05, 4.69) is 20.0 Å². The molecular formula is C30H33F4N5O5. The highest BCUT2D eigenvalue weighted by atomic mass is 19.4. The highest BCUT2D eigenvalue weighted by molar-refractivity contribution is 6.03. The zero-order valence-electron chi connectivity index (χ0n) is 24.3. The number of halogens is 4. The molecule has 2 aliphatic heterocycles. The van der Waals surface area contributed by atoms with E-state index >= 15 is 0 Å². The molecule has 2 aromatic heterocycles. The van der Waals surface area contributed by atoms with Crippen molar-refractivity contribution in [2.24, 2.45) is 11.8 Å². The molecule has 0 radical (unpaired) electrons. The van der Waals surface area contributed by atoms with E-state index in [1.807, 2.05) is 11.8 Å². The minimum absolute atomic E-state index is 0.0142. The molecule has 1 amide bonds. The number of rotatable bonds is 8. The number of nitrogens with zero attached hydrogens (tertiary/aromatic N) is 4. The molecule has 1 aromatic carbocycles. The smallest absolute Gasteiger partial charge is 0.437 e. The van der Waals surface area contributed by atoms with Crippen LogP contribution in [0.1, 0.15) is 59.2 Å². The zero-order chi connectivity index (χ0) is 31.4. The number of anilines is 3. The van der Waals surface area contributed by atoms with E-state index in [-0.39, 0.29) is 41.5 Å². The number of amides is 1. The number of alkyl halides is 3. The lowest BCUT2D eigenvalue weighted by atomic mass is 9.98. The summed E-state index contributed by atoms with van der Waals surface area (Å²) in [5.74, 6) is -2.07. The highest BCUT2D eigenvalue weighted by Gasteiger charge is 2.42. The highest BCUT2D eigenvalue weighted by Crippen LogP contribution is 2.35. The van der Waals surface area contributed by atoms with Crippen molar-refractivity contribution < 1.29 is 41.0 Å². The Morgan fingerprint density at radius 3 is 2.52 bits per heavy atom. The van der Waals surface area contributed by atoms with E-state index in [1.165, 1.54) is 25.4 Å². The van der Waals surface area contributed by atoms with Crippen LogP contribution in [0.25, 0.3) is 0 Å². The number of carbonyl (C=O) groups excluding carboxylic acids is 2. The van der Waals surface area contributed by atoms with Crippen molar-refractivity contribution in [2.45, 2.75) is 38.8 Å². The summed E-state index contributed by atoms with van der Waals surface area (Å²) in [7, 11) is 1.25. The fraction of sp³-hybridized carbons (Fsp3) is 0.467. The zero-order valence-corrected chi connectivity index (χ0v) is 24.3. The Labute approximate surface area is 251 Å². The van der Waals surface area contributed by atoms with Gasteiger partial charge in [-0.25, -0.2) is 14.2 Å². The maximum atomic E-state index is 14.2. The number of hydrogen-bond donors (Lipinski definition) is 1. The van der Waals surface area contributed by atoms with Gasteiger partial charge in [-0.3, -0.25) is 4.79 Å². The third kappa shape index (κ3) is 7.22. The number of esters is 1. The number of pyridine rings is 1. The molecule has 2 aliphatic rings. The number of hydrogen-bond acceptors (Lipinski definition) is 9. The van der Waals surface area contributed by atoms with E-state index in [0.29, 0.717) is 32.0 Å². The number of benzene rings is 1. The molecule has 1 atom stereocenters. The third-order valence-corrected chi connectivity index (χ3v) is 7.79. The van der Waals surface area contributed by atoms with Crippen LogP contribution in [0.4, 0.5) is 35.1 Å². The fourth-order valence-corrected chi connectivity index (χ4v) is 5.38. The number of carbonyl (C=O) groups is 2. The predicted octanol–water partition coefficient (Wildman–Crippen LogP) is 5.80. The Kier molecular flexibility index (Phi) is 9.25. The summed E-state index contributed by atoms with van der Waals surface area (Å²) in [6.07, 6.45) is -0.262. The molecule has 10 nitrogen and oxygen atoms in total. The van der Waals surface area contributed by atoms with Gasteiger partial charge in [0.2, 0.25) is 5.76 Å². The molecule has 236 valence electrons. The van der Waals surface area contributed by atoms with Gasteiger partial charge < -0.3 is 29.0 Å². The van der Waals surface area contributed by atoms with E-state index in [0.717, 1.165) is 31.7 Å². The Bertz CT molecular complexity index is 1470. The van der Waals surface area contributed by atoms with Crippen LogP contribution in [0.2, 0.25) is 0 Å². The van der Waals surface area contributed by atoms with Gasteiger partial charge in [0.05, 0.1) is 31.2 Å². The molecule has 0 aliphatic carbocycles. The molecule has 1 unspecified atom stereocenters. The summed E-state index contributed by atoms with van der Waals surface area (Å²) in [4.78, 5) is 36.3. The van der Waals surface area contributed by atoms with Crippen molar-refractivity contribution in [3.05, 3.63) is 59.4 Å². The van der Waals surface area contributed by atoms with Gasteiger partial charge in [-0.2, -0.15) is 18.2 Å². The lowest BCUT2D eigenvalue weighted by Gasteiger charge is -2.32. The number of oxazole rings is 1. The molecule has 0 saturated carbocycles. The number of piperidine rings is 2. The third-order valence-electron chi connectivity index (χ3n) is 7.79. The van der Waals surface area contributed by atoms with Crippen LogP contribution in [-0.2, 0) is 10.9 Å². The first-order chi connectivity index (χ1) is 21.0. The molecular weight excluding hydrogens is 586 g/mol. The van der Waals surface area contributed by atoms with Crippen LogP contribution < -0.4 is 19.9 Å². The quantitative estimate of drug-likeness (QED) is 0.247. The SMILES string of the molecule is COC(=O)c1ccc(F)c(OCC2CCN(c3ccc(NC(=O)c4oc(N5CCCC(C)C5)nc4C(F)(F)F)cn3)CC2)c1. The van der Waals surface area contributed by atoms with Gasteiger partial charge in [-0.1, -0.05) is 6.92 Å². The number of methoxy groups -OCH3 is 1. The first kappa shape index (κ1) is 31.1. The minimum atomic E-state index is -4.86. The van der Waals surface area contributed by atoms with Crippen molar-refractivity contribution in [3.63, 3.8) is 0 Å². The second-order valence-corrected chi connectivity index (χ2v) is 11.1. The monoisotopic (exact) mass is 619 g/mol. The van der Waals surface area contributed by atoms with E-state index in [4.69, 9.17) is 9.15 Å². The summed E-state index contributed by atoms with van der Waals surface area (Å²) < 4.78 is 71.0. The topological polar surface area (TPSA) is 110 Å². The number of ether oxygens (including phenoxy) is 2. The molecule has 4 heterocycles.